The molecule has 1 fully saturated rings. The Bertz CT molecular complexity index is 1520. The van der Waals surface area contributed by atoms with Crippen LogP contribution in [0.25, 0.3) is 33.4 Å². The standard InChI is InChI=1S/C29H29FN6O/c1-34-9-7-19(8-10-34)17-36-18-33-29-25(36)16-32-28(27(29)20-3-4-22(15-31)23(30)13-20)21-5-6-24-26(14-21)37-12-11-35(24)2/h3-6,13-14,16,18-19H,7-12,17H2,1-2H3. The van der Waals surface area contributed by atoms with Crippen LogP contribution in [0.2, 0.25) is 0 Å². The number of hydrogen-bond donors (Lipinski definition) is 0. The Kier molecular flexibility index (Phi) is 6.01. The molecule has 0 unspecified atom stereocenters. The van der Waals surface area contributed by atoms with E-state index in [1.54, 1.807) is 6.07 Å². The lowest BCUT2D eigenvalue weighted by Crippen LogP contribution is -2.31. The molecular weight excluding hydrogens is 467 g/mol. The van der Waals surface area contributed by atoms with E-state index in [2.05, 4.69) is 21.4 Å². The van der Waals surface area contributed by atoms with Crippen molar-refractivity contribution in [3.05, 3.63) is 60.3 Å². The monoisotopic (exact) mass is 496 g/mol. The van der Waals surface area contributed by atoms with E-state index < -0.39 is 5.82 Å². The number of ether oxygens (including phenoxy) is 1. The first-order valence-electron chi connectivity index (χ1n) is 12.7. The molecule has 4 aromatic rings. The van der Waals surface area contributed by atoms with Crippen LogP contribution in [-0.4, -0.2) is 59.8 Å². The number of rotatable bonds is 4. The zero-order valence-corrected chi connectivity index (χ0v) is 21.1. The van der Waals surface area contributed by atoms with Crippen molar-refractivity contribution in [3.8, 4) is 34.2 Å². The second kappa shape index (κ2) is 9.49. The molecule has 2 aliphatic rings. The van der Waals surface area contributed by atoms with Crippen LogP contribution in [-0.2, 0) is 6.54 Å². The van der Waals surface area contributed by atoms with Gasteiger partial charge >= 0.3 is 0 Å². The van der Waals surface area contributed by atoms with Crippen LogP contribution in [0.15, 0.2) is 48.9 Å². The summed E-state index contributed by atoms with van der Waals surface area (Å²) in [6.45, 7) is 4.54. The van der Waals surface area contributed by atoms with Crippen LogP contribution in [0.5, 0.6) is 5.75 Å². The number of hydrogen-bond acceptors (Lipinski definition) is 6. The van der Waals surface area contributed by atoms with Crippen molar-refractivity contribution in [1.82, 2.24) is 19.4 Å². The van der Waals surface area contributed by atoms with Crippen LogP contribution < -0.4 is 9.64 Å². The average molecular weight is 497 g/mol. The predicted octanol–water partition coefficient (Wildman–Crippen LogP) is 4.95. The third-order valence-electron chi connectivity index (χ3n) is 7.67. The topological polar surface area (TPSA) is 70.2 Å². The van der Waals surface area contributed by atoms with E-state index in [0.717, 1.165) is 72.6 Å². The number of likely N-dealkylation sites (N-methyl/N-ethyl adjacent to an activating group) is 1. The lowest BCUT2D eigenvalue weighted by molar-refractivity contribution is 0.206. The van der Waals surface area contributed by atoms with E-state index >= 15 is 0 Å². The fourth-order valence-corrected chi connectivity index (χ4v) is 5.45. The van der Waals surface area contributed by atoms with Crippen molar-refractivity contribution in [2.75, 3.05) is 45.2 Å². The average Bonchev–Trinajstić information content (AvgIpc) is 3.32. The summed E-state index contributed by atoms with van der Waals surface area (Å²) in [5.74, 6) is 0.834. The molecule has 0 saturated carbocycles. The maximum Gasteiger partial charge on any atom is 0.143 e. The van der Waals surface area contributed by atoms with E-state index in [1.807, 2.05) is 43.8 Å². The van der Waals surface area contributed by atoms with Gasteiger partial charge in [-0.2, -0.15) is 5.26 Å². The minimum absolute atomic E-state index is 0.0171. The van der Waals surface area contributed by atoms with Gasteiger partial charge in [-0.05, 0) is 68.7 Å². The molecule has 2 aromatic carbocycles. The van der Waals surface area contributed by atoms with Crippen molar-refractivity contribution in [2.45, 2.75) is 19.4 Å². The van der Waals surface area contributed by atoms with Gasteiger partial charge in [0, 0.05) is 24.7 Å². The molecular formula is C29H29FN6O. The largest absolute Gasteiger partial charge is 0.490 e. The number of likely N-dealkylation sites (tertiary alicyclic amines) is 1. The summed E-state index contributed by atoms with van der Waals surface area (Å²) in [5, 5.41) is 9.25. The fraction of sp³-hybridized carbons (Fsp3) is 0.345. The zero-order valence-electron chi connectivity index (χ0n) is 21.1. The Morgan fingerprint density at radius 2 is 1.86 bits per heavy atom. The molecule has 7 nitrogen and oxygen atoms in total. The van der Waals surface area contributed by atoms with Crippen LogP contribution in [0.1, 0.15) is 18.4 Å². The Morgan fingerprint density at radius 1 is 1.05 bits per heavy atom. The van der Waals surface area contributed by atoms with Gasteiger partial charge in [-0.25, -0.2) is 9.37 Å². The summed E-state index contributed by atoms with van der Waals surface area (Å²) in [4.78, 5) is 14.3. The third kappa shape index (κ3) is 4.30. The van der Waals surface area contributed by atoms with Crippen molar-refractivity contribution in [3.63, 3.8) is 0 Å². The maximum absolute atomic E-state index is 14.8. The van der Waals surface area contributed by atoms with Crippen LogP contribution in [0.4, 0.5) is 10.1 Å². The van der Waals surface area contributed by atoms with Gasteiger partial charge in [-0.1, -0.05) is 12.1 Å². The lowest BCUT2D eigenvalue weighted by atomic mass is 9.96. The van der Waals surface area contributed by atoms with E-state index in [9.17, 15) is 9.65 Å². The molecule has 1 saturated heterocycles. The Balaban J connectivity index is 1.49. The number of nitriles is 1. The molecule has 0 amide bonds. The SMILES string of the molecule is CN1CCC(Cn2cnc3c(-c4ccc(C#N)c(F)c4)c(-c4ccc5c(c4)OCCN5C)ncc32)CC1. The van der Waals surface area contributed by atoms with Crippen LogP contribution in [0.3, 0.4) is 0 Å². The highest BCUT2D eigenvalue weighted by Gasteiger charge is 2.23. The Morgan fingerprint density at radius 3 is 2.65 bits per heavy atom. The summed E-state index contributed by atoms with van der Waals surface area (Å²) < 4.78 is 22.9. The first-order chi connectivity index (χ1) is 18.0. The second-order valence-electron chi connectivity index (χ2n) is 10.1. The van der Waals surface area contributed by atoms with Gasteiger partial charge in [-0.15, -0.1) is 0 Å². The molecule has 2 aliphatic heterocycles. The first kappa shape index (κ1) is 23.4. The smallest absolute Gasteiger partial charge is 0.143 e. The minimum Gasteiger partial charge on any atom is -0.490 e. The van der Waals surface area contributed by atoms with E-state index in [0.29, 0.717) is 23.8 Å². The molecule has 4 heterocycles. The molecule has 37 heavy (non-hydrogen) atoms. The number of fused-ring (bicyclic) bond motifs is 2. The summed E-state index contributed by atoms with van der Waals surface area (Å²) in [5.41, 5.74) is 5.74. The van der Waals surface area contributed by atoms with Gasteiger partial charge in [0.25, 0.3) is 0 Å². The van der Waals surface area contributed by atoms with Crippen LogP contribution >= 0.6 is 0 Å². The Labute approximate surface area is 215 Å². The number of pyridine rings is 1. The predicted molar refractivity (Wildman–Crippen MR) is 142 cm³/mol. The fourth-order valence-electron chi connectivity index (χ4n) is 5.45. The summed E-state index contributed by atoms with van der Waals surface area (Å²) in [6, 6.07) is 12.7. The number of anilines is 1. The van der Waals surface area contributed by atoms with Gasteiger partial charge < -0.3 is 19.1 Å². The van der Waals surface area contributed by atoms with Gasteiger partial charge in [0.1, 0.15) is 29.8 Å². The third-order valence-corrected chi connectivity index (χ3v) is 7.67. The highest BCUT2D eigenvalue weighted by atomic mass is 19.1. The normalized spacial score (nSPS) is 16.4. The van der Waals surface area contributed by atoms with Crippen molar-refractivity contribution < 1.29 is 9.13 Å². The highest BCUT2D eigenvalue weighted by Crippen LogP contribution is 2.40. The number of halogens is 1. The molecule has 8 heteroatoms. The molecule has 6 rings (SSSR count). The first-order valence-corrected chi connectivity index (χ1v) is 12.7. The van der Waals surface area contributed by atoms with Crippen LogP contribution in [0, 0.1) is 23.1 Å². The zero-order chi connectivity index (χ0) is 25.5. The van der Waals surface area contributed by atoms with Gasteiger partial charge in [0.2, 0.25) is 0 Å². The number of nitrogens with zero attached hydrogens (tertiary/aromatic N) is 6. The summed E-state index contributed by atoms with van der Waals surface area (Å²) in [7, 11) is 4.22. The van der Waals surface area contributed by atoms with Crippen molar-refractivity contribution in [2.24, 2.45) is 5.92 Å². The number of aromatic nitrogens is 3. The molecule has 0 atom stereocenters. The van der Waals surface area contributed by atoms with Gasteiger partial charge in [-0.3, -0.25) is 4.98 Å². The highest BCUT2D eigenvalue weighted by molar-refractivity contribution is 5.99. The molecule has 0 bridgehead atoms. The maximum atomic E-state index is 14.8. The minimum atomic E-state index is -0.552. The molecule has 0 N–H and O–H groups in total. The summed E-state index contributed by atoms with van der Waals surface area (Å²) >= 11 is 0. The summed E-state index contributed by atoms with van der Waals surface area (Å²) in [6.07, 6.45) is 6.06. The molecule has 2 aromatic heterocycles. The lowest BCUT2D eigenvalue weighted by Gasteiger charge is -2.29. The van der Waals surface area contributed by atoms with Gasteiger partial charge in [0.05, 0.1) is 41.5 Å². The number of benzene rings is 2. The van der Waals surface area contributed by atoms with E-state index in [4.69, 9.17) is 14.7 Å². The molecule has 0 aliphatic carbocycles. The molecule has 0 spiro atoms. The van der Waals surface area contributed by atoms with E-state index in [1.165, 1.54) is 12.1 Å². The van der Waals surface area contributed by atoms with Crippen molar-refractivity contribution >= 4 is 16.7 Å². The second-order valence-corrected chi connectivity index (χ2v) is 10.1. The Hall–Kier alpha value is -3.96. The van der Waals surface area contributed by atoms with E-state index in [-0.39, 0.29) is 5.56 Å². The van der Waals surface area contributed by atoms with Gasteiger partial charge in [0.15, 0.2) is 0 Å². The number of piperidine rings is 1. The van der Waals surface area contributed by atoms with Crippen molar-refractivity contribution in [1.29, 1.82) is 5.26 Å². The quantitative estimate of drug-likeness (QED) is 0.398. The molecule has 0 radical (unpaired) electrons. The molecule has 188 valence electrons. The number of imidazole rings is 1.